The number of aromatic nitrogens is 2. The van der Waals surface area contributed by atoms with Crippen LogP contribution in [0.15, 0.2) is 24.5 Å². The number of hydrogen-bond donors (Lipinski definition) is 0. The molecule has 3 heteroatoms. The lowest BCUT2D eigenvalue weighted by Crippen LogP contribution is -2.10. The van der Waals surface area contributed by atoms with Gasteiger partial charge in [-0.3, -0.25) is 0 Å². The first kappa shape index (κ1) is 9.19. The molecule has 0 aliphatic heterocycles. The van der Waals surface area contributed by atoms with Crippen LogP contribution in [-0.2, 0) is 5.67 Å². The molecule has 74 valence electrons. The van der Waals surface area contributed by atoms with Gasteiger partial charge in [0.1, 0.15) is 5.67 Å². The molecular formula is C11H13FN2. The minimum absolute atomic E-state index is 0.646. The molecule has 14 heavy (non-hydrogen) atoms. The molecule has 0 atom stereocenters. The molecule has 2 rings (SSSR count). The first-order valence-electron chi connectivity index (χ1n) is 4.62. The number of fused-ring (bicyclic) bond motifs is 1. The minimum atomic E-state index is -1.31. The molecule has 0 aromatic carbocycles. The van der Waals surface area contributed by atoms with Crippen LogP contribution in [0.5, 0.6) is 0 Å². The van der Waals surface area contributed by atoms with E-state index >= 15 is 0 Å². The van der Waals surface area contributed by atoms with Crippen LogP contribution in [0.3, 0.4) is 0 Å². The maximum Gasteiger partial charge on any atom is 0.131 e. The van der Waals surface area contributed by atoms with Crippen molar-refractivity contribution in [3.8, 4) is 0 Å². The van der Waals surface area contributed by atoms with E-state index in [2.05, 4.69) is 5.10 Å². The number of rotatable bonds is 1. The Morgan fingerprint density at radius 2 is 2.07 bits per heavy atom. The van der Waals surface area contributed by atoms with Crippen LogP contribution in [0.25, 0.3) is 5.52 Å². The number of hydrogen-bond acceptors (Lipinski definition) is 1. The highest BCUT2D eigenvalue weighted by atomic mass is 19.1. The van der Waals surface area contributed by atoms with Gasteiger partial charge in [-0.15, -0.1) is 0 Å². The summed E-state index contributed by atoms with van der Waals surface area (Å²) in [4.78, 5) is 0. The summed E-state index contributed by atoms with van der Waals surface area (Å²) < 4.78 is 15.3. The zero-order valence-electron chi connectivity index (χ0n) is 8.58. The second-order valence-electron chi connectivity index (χ2n) is 4.05. The van der Waals surface area contributed by atoms with Gasteiger partial charge in [-0.25, -0.2) is 8.91 Å². The number of alkyl halides is 1. The van der Waals surface area contributed by atoms with Crippen LogP contribution in [0.4, 0.5) is 4.39 Å². The Hall–Kier alpha value is -1.38. The van der Waals surface area contributed by atoms with Crippen LogP contribution >= 0.6 is 0 Å². The smallest absolute Gasteiger partial charge is 0.131 e. The average Bonchev–Trinajstić information content (AvgIpc) is 2.46. The van der Waals surface area contributed by atoms with Gasteiger partial charge in [0.25, 0.3) is 0 Å². The second kappa shape index (κ2) is 2.80. The van der Waals surface area contributed by atoms with Crippen molar-refractivity contribution in [3.63, 3.8) is 0 Å². The van der Waals surface area contributed by atoms with Crippen LogP contribution in [-0.4, -0.2) is 9.61 Å². The van der Waals surface area contributed by atoms with Crippen molar-refractivity contribution in [1.82, 2.24) is 9.61 Å². The molecule has 2 aromatic rings. The summed E-state index contributed by atoms with van der Waals surface area (Å²) >= 11 is 0. The summed E-state index contributed by atoms with van der Waals surface area (Å²) in [6.45, 7) is 5.08. The fourth-order valence-corrected chi connectivity index (χ4v) is 1.46. The standard InChI is InChI=1S/C11H13FN2/c1-8-6-13-14-7-9(11(2,3)12)4-5-10(8)14/h4-7H,1-3H3. The van der Waals surface area contributed by atoms with Gasteiger partial charge >= 0.3 is 0 Å². The Morgan fingerprint density at radius 1 is 1.36 bits per heavy atom. The average molecular weight is 192 g/mol. The molecular weight excluding hydrogens is 179 g/mol. The van der Waals surface area contributed by atoms with Gasteiger partial charge in [-0.1, -0.05) is 6.07 Å². The van der Waals surface area contributed by atoms with Crippen LogP contribution in [0.2, 0.25) is 0 Å². The molecule has 0 spiro atoms. The largest absolute Gasteiger partial charge is 0.240 e. The van der Waals surface area contributed by atoms with Gasteiger partial charge in [0, 0.05) is 11.8 Å². The second-order valence-corrected chi connectivity index (χ2v) is 4.05. The van der Waals surface area contributed by atoms with Crippen molar-refractivity contribution >= 4 is 5.52 Å². The van der Waals surface area contributed by atoms with Crippen LogP contribution in [0, 0.1) is 6.92 Å². The summed E-state index contributed by atoms with van der Waals surface area (Å²) in [6, 6.07) is 3.71. The fraction of sp³-hybridized carbons (Fsp3) is 0.364. The number of pyridine rings is 1. The molecule has 0 saturated heterocycles. The lowest BCUT2D eigenvalue weighted by Gasteiger charge is -2.14. The number of aryl methyl sites for hydroxylation is 1. The van der Waals surface area contributed by atoms with E-state index in [-0.39, 0.29) is 0 Å². The van der Waals surface area contributed by atoms with E-state index in [4.69, 9.17) is 0 Å². The number of nitrogens with zero attached hydrogens (tertiary/aromatic N) is 2. The molecule has 2 nitrogen and oxygen atoms in total. The highest BCUT2D eigenvalue weighted by Gasteiger charge is 2.19. The first-order chi connectivity index (χ1) is 6.48. The van der Waals surface area contributed by atoms with Gasteiger partial charge in [-0.05, 0) is 32.4 Å². The lowest BCUT2D eigenvalue weighted by atomic mass is 10.0. The molecule has 0 aliphatic rings. The van der Waals surface area contributed by atoms with Crippen molar-refractivity contribution in [2.75, 3.05) is 0 Å². The quantitative estimate of drug-likeness (QED) is 0.679. The Kier molecular flexibility index (Phi) is 1.84. The van der Waals surface area contributed by atoms with E-state index < -0.39 is 5.67 Å². The van der Waals surface area contributed by atoms with E-state index in [1.807, 2.05) is 19.1 Å². The third-order valence-electron chi connectivity index (χ3n) is 2.40. The van der Waals surface area contributed by atoms with E-state index in [9.17, 15) is 4.39 Å². The molecule has 2 aromatic heterocycles. The van der Waals surface area contributed by atoms with Crippen molar-refractivity contribution in [2.24, 2.45) is 0 Å². The maximum atomic E-state index is 13.6. The van der Waals surface area contributed by atoms with E-state index in [1.165, 1.54) is 0 Å². The molecule has 0 aliphatic carbocycles. The van der Waals surface area contributed by atoms with E-state index in [0.717, 1.165) is 11.1 Å². The predicted octanol–water partition coefficient (Wildman–Crippen LogP) is 2.85. The van der Waals surface area contributed by atoms with Gasteiger partial charge in [0.2, 0.25) is 0 Å². The summed E-state index contributed by atoms with van der Waals surface area (Å²) in [5, 5.41) is 4.14. The first-order valence-corrected chi connectivity index (χ1v) is 4.62. The predicted molar refractivity (Wildman–Crippen MR) is 54.1 cm³/mol. The zero-order valence-corrected chi connectivity index (χ0v) is 8.58. The summed E-state index contributed by atoms with van der Waals surface area (Å²) in [6.07, 6.45) is 3.52. The molecule has 0 fully saturated rings. The normalized spacial score (nSPS) is 12.3. The minimum Gasteiger partial charge on any atom is -0.240 e. The monoisotopic (exact) mass is 192 g/mol. The number of halogens is 1. The molecule has 0 N–H and O–H groups in total. The topological polar surface area (TPSA) is 17.3 Å². The molecule has 0 bridgehead atoms. The van der Waals surface area contributed by atoms with Gasteiger partial charge in [0.15, 0.2) is 0 Å². The molecule has 0 amide bonds. The van der Waals surface area contributed by atoms with Gasteiger partial charge in [0.05, 0.1) is 11.7 Å². The molecule has 0 radical (unpaired) electrons. The molecule has 0 unspecified atom stereocenters. The van der Waals surface area contributed by atoms with E-state index in [0.29, 0.717) is 5.56 Å². The summed E-state index contributed by atoms with van der Waals surface area (Å²) in [5.41, 5.74) is 1.47. The highest BCUT2D eigenvalue weighted by Crippen LogP contribution is 2.24. The van der Waals surface area contributed by atoms with Crippen LogP contribution in [0.1, 0.15) is 25.0 Å². The summed E-state index contributed by atoms with van der Waals surface area (Å²) in [7, 11) is 0. The van der Waals surface area contributed by atoms with Gasteiger partial charge < -0.3 is 0 Å². The van der Waals surface area contributed by atoms with Crippen molar-refractivity contribution in [2.45, 2.75) is 26.4 Å². The van der Waals surface area contributed by atoms with Crippen molar-refractivity contribution in [3.05, 3.63) is 35.7 Å². The van der Waals surface area contributed by atoms with Crippen LogP contribution < -0.4 is 0 Å². The summed E-state index contributed by atoms with van der Waals surface area (Å²) in [5.74, 6) is 0. The Labute approximate surface area is 82.4 Å². The van der Waals surface area contributed by atoms with Crippen molar-refractivity contribution in [1.29, 1.82) is 0 Å². The zero-order chi connectivity index (χ0) is 10.3. The maximum absolute atomic E-state index is 13.6. The third kappa shape index (κ3) is 1.39. The lowest BCUT2D eigenvalue weighted by molar-refractivity contribution is 0.220. The van der Waals surface area contributed by atoms with E-state index in [1.54, 1.807) is 30.8 Å². The molecule has 0 saturated carbocycles. The third-order valence-corrected chi connectivity index (χ3v) is 2.40. The molecule has 2 heterocycles. The SMILES string of the molecule is Cc1cnn2cc(C(C)(C)F)ccc12. The Balaban J connectivity index is 2.63. The van der Waals surface area contributed by atoms with Gasteiger partial charge in [-0.2, -0.15) is 5.10 Å². The highest BCUT2D eigenvalue weighted by molar-refractivity contribution is 5.53. The Morgan fingerprint density at radius 3 is 2.71 bits per heavy atom. The van der Waals surface area contributed by atoms with Crippen molar-refractivity contribution < 1.29 is 4.39 Å². The Bertz CT molecular complexity index is 466. The fourth-order valence-electron chi connectivity index (χ4n) is 1.46.